The van der Waals surface area contributed by atoms with Gasteiger partial charge in [-0.05, 0) is 66.8 Å². The molecule has 0 spiro atoms. The molecule has 3 aromatic carbocycles. The highest BCUT2D eigenvalue weighted by Gasteiger charge is 2.49. The molecule has 15 heteroatoms. The number of rotatable bonds is 12. The summed E-state index contributed by atoms with van der Waals surface area (Å²) in [6.07, 6.45) is -1.13. The molecular formula is C32H34Cl2FN3O7S2. The van der Waals surface area contributed by atoms with Crippen LogP contribution >= 0.6 is 23.2 Å². The SMILES string of the molecule is CC[C@@H](CN(c1ccccc1F)S(=O)(=O)C1CC1)N1C(=O)[C@@H](CC(=O)NS(C)(=O)=O)O[C@H](c2cccc(Cl)c2)[C@H]1c1ccc(Cl)cc1. The number of anilines is 1. The van der Waals surface area contributed by atoms with Gasteiger partial charge >= 0.3 is 0 Å². The maximum atomic E-state index is 15.2. The van der Waals surface area contributed by atoms with Crippen molar-refractivity contribution in [3.05, 3.63) is 99.8 Å². The third-order valence-corrected chi connectivity index (χ3v) is 11.5. The maximum absolute atomic E-state index is 15.2. The lowest BCUT2D eigenvalue weighted by Crippen LogP contribution is -2.58. The summed E-state index contributed by atoms with van der Waals surface area (Å²) in [5.74, 6) is -2.37. The zero-order chi connectivity index (χ0) is 34.1. The Morgan fingerprint density at radius 2 is 1.68 bits per heavy atom. The van der Waals surface area contributed by atoms with Crippen LogP contribution in [0.4, 0.5) is 10.1 Å². The van der Waals surface area contributed by atoms with Crippen molar-refractivity contribution < 1.29 is 35.6 Å². The van der Waals surface area contributed by atoms with Gasteiger partial charge in [0.05, 0.1) is 42.2 Å². The van der Waals surface area contributed by atoms with Crippen molar-refractivity contribution in [3.8, 4) is 0 Å². The van der Waals surface area contributed by atoms with Gasteiger partial charge in [-0.15, -0.1) is 0 Å². The van der Waals surface area contributed by atoms with Crippen LogP contribution in [0.15, 0.2) is 72.8 Å². The predicted octanol–water partition coefficient (Wildman–Crippen LogP) is 5.39. The van der Waals surface area contributed by atoms with Crippen LogP contribution in [0.1, 0.15) is 55.9 Å². The largest absolute Gasteiger partial charge is 0.357 e. The van der Waals surface area contributed by atoms with Crippen molar-refractivity contribution in [1.29, 1.82) is 0 Å². The summed E-state index contributed by atoms with van der Waals surface area (Å²) >= 11 is 12.6. The number of benzene rings is 3. The molecule has 4 atom stereocenters. The number of halogens is 3. The minimum atomic E-state index is -4.02. The van der Waals surface area contributed by atoms with Crippen LogP contribution < -0.4 is 9.03 Å². The molecule has 1 aliphatic heterocycles. The topological polar surface area (TPSA) is 130 Å². The number of para-hydroxylation sites is 1. The normalized spacial score (nSPS) is 20.9. The van der Waals surface area contributed by atoms with Crippen molar-refractivity contribution >= 4 is 60.8 Å². The molecule has 1 saturated heterocycles. The molecule has 0 aromatic heterocycles. The lowest BCUT2D eigenvalue weighted by Gasteiger charge is -2.49. The molecule has 2 amide bonds. The summed E-state index contributed by atoms with van der Waals surface area (Å²) in [5, 5.41) is 0.133. The van der Waals surface area contributed by atoms with E-state index >= 15 is 4.39 Å². The third kappa shape index (κ3) is 8.09. The molecule has 47 heavy (non-hydrogen) atoms. The summed E-state index contributed by atoms with van der Waals surface area (Å²) in [7, 11) is -7.96. The Bertz CT molecular complexity index is 1860. The highest BCUT2D eigenvalue weighted by atomic mass is 35.5. The Kier molecular flexibility index (Phi) is 10.5. The summed E-state index contributed by atoms with van der Waals surface area (Å²) in [6, 6.07) is 17.3. The Morgan fingerprint density at radius 1 is 1.00 bits per heavy atom. The van der Waals surface area contributed by atoms with Crippen LogP contribution in [0.2, 0.25) is 10.0 Å². The number of morpholine rings is 1. The number of hydrogen-bond donors (Lipinski definition) is 1. The molecule has 0 radical (unpaired) electrons. The smallest absolute Gasteiger partial charge is 0.253 e. The third-order valence-electron chi connectivity index (χ3n) is 8.10. The molecule has 1 aliphatic carbocycles. The van der Waals surface area contributed by atoms with E-state index in [-0.39, 0.29) is 18.7 Å². The van der Waals surface area contributed by atoms with E-state index in [9.17, 15) is 26.4 Å². The Hall–Kier alpha value is -3.23. The van der Waals surface area contributed by atoms with Crippen molar-refractivity contribution in [1.82, 2.24) is 9.62 Å². The molecule has 1 saturated carbocycles. The maximum Gasteiger partial charge on any atom is 0.253 e. The number of carbonyl (C=O) groups is 2. The molecule has 1 N–H and O–H groups in total. The first-order valence-electron chi connectivity index (χ1n) is 14.9. The average molecular weight is 727 g/mol. The number of carbonyl (C=O) groups excluding carboxylic acids is 2. The van der Waals surface area contributed by atoms with E-state index in [4.69, 9.17) is 27.9 Å². The highest BCUT2D eigenvalue weighted by Crippen LogP contribution is 2.45. The first-order valence-corrected chi connectivity index (χ1v) is 19.1. The fraction of sp³-hybridized carbons (Fsp3) is 0.375. The van der Waals surface area contributed by atoms with Crippen molar-refractivity contribution in [3.63, 3.8) is 0 Å². The monoisotopic (exact) mass is 725 g/mol. The fourth-order valence-electron chi connectivity index (χ4n) is 5.80. The van der Waals surface area contributed by atoms with E-state index in [1.165, 1.54) is 29.2 Å². The summed E-state index contributed by atoms with van der Waals surface area (Å²) < 4.78 is 75.8. The molecule has 2 aliphatic rings. The number of nitrogens with one attached hydrogen (secondary N) is 1. The van der Waals surface area contributed by atoms with E-state index in [0.29, 0.717) is 34.0 Å². The van der Waals surface area contributed by atoms with E-state index in [1.807, 2.05) is 4.72 Å². The van der Waals surface area contributed by atoms with Crippen LogP contribution in [0.25, 0.3) is 0 Å². The molecule has 1 heterocycles. The Morgan fingerprint density at radius 3 is 2.28 bits per heavy atom. The lowest BCUT2D eigenvalue weighted by atomic mass is 9.89. The van der Waals surface area contributed by atoms with Gasteiger partial charge in [0.25, 0.3) is 5.91 Å². The number of hydrogen-bond acceptors (Lipinski definition) is 7. The standard InChI is InChI=1S/C32H34Cl2FN3O7S2/c1-3-24(19-37(47(43,44)25-15-16-25)27-10-5-4-9-26(27)35)38-30(20-11-13-22(33)14-12-20)31(21-7-6-8-23(34)17-21)45-28(32(38)40)18-29(39)36-46(2,41)42/h4-14,17,24-25,28,30-31H,3,15-16,18-19H2,1-2H3,(H,36,39)/t24-,28+,30+,31+/m0/s1. The molecule has 10 nitrogen and oxygen atoms in total. The number of amides is 2. The first-order chi connectivity index (χ1) is 22.2. The molecule has 3 aromatic rings. The second kappa shape index (κ2) is 14.1. The zero-order valence-electron chi connectivity index (χ0n) is 25.6. The second-order valence-electron chi connectivity index (χ2n) is 11.6. The van der Waals surface area contributed by atoms with E-state index in [2.05, 4.69) is 0 Å². The summed E-state index contributed by atoms with van der Waals surface area (Å²) in [4.78, 5) is 28.8. The van der Waals surface area contributed by atoms with Gasteiger partial charge in [-0.3, -0.25) is 18.6 Å². The molecule has 0 bridgehead atoms. The molecular weight excluding hydrogens is 692 g/mol. The summed E-state index contributed by atoms with van der Waals surface area (Å²) in [6.45, 7) is 1.48. The van der Waals surface area contributed by atoms with Gasteiger partial charge in [-0.1, -0.05) is 66.5 Å². The lowest BCUT2D eigenvalue weighted by molar-refractivity contribution is -0.181. The van der Waals surface area contributed by atoms with Gasteiger partial charge in [0.1, 0.15) is 18.0 Å². The number of sulfonamides is 2. The molecule has 2 fully saturated rings. The highest BCUT2D eigenvalue weighted by molar-refractivity contribution is 7.93. The van der Waals surface area contributed by atoms with Crippen LogP contribution in [0, 0.1) is 5.82 Å². The predicted molar refractivity (Wildman–Crippen MR) is 177 cm³/mol. The molecule has 252 valence electrons. The Balaban J connectivity index is 1.65. The summed E-state index contributed by atoms with van der Waals surface area (Å²) in [5.41, 5.74) is 1.000. The van der Waals surface area contributed by atoms with Crippen LogP contribution in [0.3, 0.4) is 0 Å². The van der Waals surface area contributed by atoms with Gasteiger partial charge in [0.15, 0.2) is 0 Å². The van der Waals surface area contributed by atoms with Crippen LogP contribution in [-0.2, 0) is 34.4 Å². The van der Waals surface area contributed by atoms with Gasteiger partial charge in [0.2, 0.25) is 26.0 Å². The van der Waals surface area contributed by atoms with Gasteiger partial charge in [-0.25, -0.2) is 21.2 Å². The zero-order valence-corrected chi connectivity index (χ0v) is 28.7. The van der Waals surface area contributed by atoms with E-state index in [1.54, 1.807) is 55.5 Å². The van der Waals surface area contributed by atoms with Crippen LogP contribution in [0.5, 0.6) is 0 Å². The van der Waals surface area contributed by atoms with Crippen molar-refractivity contribution in [2.45, 2.75) is 62.1 Å². The fourth-order valence-corrected chi connectivity index (χ4v) is 8.52. The second-order valence-corrected chi connectivity index (χ2v) is 16.4. The number of ether oxygens (including phenoxy) is 1. The van der Waals surface area contributed by atoms with Crippen LogP contribution in [-0.4, -0.2) is 63.7 Å². The number of nitrogens with zero attached hydrogens (tertiary/aromatic N) is 2. The van der Waals surface area contributed by atoms with E-state index < -0.39 is 73.6 Å². The van der Waals surface area contributed by atoms with Crippen molar-refractivity contribution in [2.24, 2.45) is 0 Å². The van der Waals surface area contributed by atoms with Gasteiger partial charge in [-0.2, -0.15) is 0 Å². The van der Waals surface area contributed by atoms with Crippen molar-refractivity contribution in [2.75, 3.05) is 17.1 Å². The minimum absolute atomic E-state index is 0.142. The van der Waals surface area contributed by atoms with Gasteiger partial charge < -0.3 is 9.64 Å². The Labute approximate surface area is 283 Å². The first kappa shape index (κ1) is 35.1. The average Bonchev–Trinajstić information content (AvgIpc) is 3.86. The van der Waals surface area contributed by atoms with Gasteiger partial charge in [0, 0.05) is 10.0 Å². The minimum Gasteiger partial charge on any atom is -0.357 e. The van der Waals surface area contributed by atoms with E-state index in [0.717, 1.165) is 10.6 Å². The molecule has 5 rings (SSSR count). The molecule has 0 unspecified atom stereocenters. The quantitative estimate of drug-likeness (QED) is 0.265.